The van der Waals surface area contributed by atoms with Crippen LogP contribution < -0.4 is 19.6 Å². The minimum atomic E-state index is -0.318. The molecule has 2 aromatic carbocycles. The molecule has 1 aliphatic heterocycles. The molecule has 1 heterocycles. The van der Waals surface area contributed by atoms with E-state index >= 15 is 0 Å². The first kappa shape index (κ1) is 18.8. The minimum Gasteiger partial charge on any atom is -0.490 e. The number of hydrazone groups is 1. The van der Waals surface area contributed by atoms with Crippen LogP contribution in [0.5, 0.6) is 17.2 Å². The summed E-state index contributed by atoms with van der Waals surface area (Å²) in [7, 11) is 0. The van der Waals surface area contributed by atoms with Crippen LogP contribution in [0.2, 0.25) is 0 Å². The van der Waals surface area contributed by atoms with Crippen LogP contribution in [0.4, 0.5) is 0 Å². The Morgan fingerprint density at radius 3 is 2.63 bits per heavy atom. The maximum atomic E-state index is 12.0. The molecule has 6 nitrogen and oxygen atoms in total. The summed E-state index contributed by atoms with van der Waals surface area (Å²) in [6, 6.07) is 11.4. The zero-order chi connectivity index (χ0) is 19.2. The fraction of sp³-hybridized carbons (Fsp3) is 0.333. The van der Waals surface area contributed by atoms with Gasteiger partial charge in [0.05, 0.1) is 18.9 Å². The summed E-state index contributed by atoms with van der Waals surface area (Å²) < 4.78 is 16.8. The highest BCUT2D eigenvalue weighted by molar-refractivity contribution is 5.99. The summed E-state index contributed by atoms with van der Waals surface area (Å²) in [6.45, 7) is 7.04. The number of nitrogens with zero attached hydrogens (tertiary/aromatic N) is 1. The number of carbonyl (C=O) groups excluding carboxylic acids is 1. The van der Waals surface area contributed by atoms with Gasteiger partial charge in [0, 0.05) is 12.0 Å². The molecule has 142 valence electrons. The van der Waals surface area contributed by atoms with Gasteiger partial charge in [-0.15, -0.1) is 0 Å². The smallest absolute Gasteiger partial charge is 0.277 e. The zero-order valence-electron chi connectivity index (χ0n) is 15.9. The first-order valence-electron chi connectivity index (χ1n) is 8.96. The molecular weight excluding hydrogens is 344 g/mol. The first-order valence-corrected chi connectivity index (χ1v) is 8.96. The van der Waals surface area contributed by atoms with Gasteiger partial charge in [0.15, 0.2) is 18.1 Å². The average molecular weight is 368 g/mol. The first-order chi connectivity index (χ1) is 13.0. The van der Waals surface area contributed by atoms with Crippen LogP contribution in [-0.2, 0) is 4.79 Å². The maximum Gasteiger partial charge on any atom is 0.277 e. The topological polar surface area (TPSA) is 69.2 Å². The van der Waals surface area contributed by atoms with Gasteiger partial charge in [-0.25, -0.2) is 5.43 Å². The highest BCUT2D eigenvalue weighted by Crippen LogP contribution is 2.30. The van der Waals surface area contributed by atoms with Crippen molar-refractivity contribution in [2.75, 3.05) is 19.8 Å². The lowest BCUT2D eigenvalue weighted by Gasteiger charge is -2.10. The Bertz CT molecular complexity index is 861. The van der Waals surface area contributed by atoms with Crippen molar-refractivity contribution in [2.45, 2.75) is 27.2 Å². The second-order valence-electron chi connectivity index (χ2n) is 6.48. The average Bonchev–Trinajstić information content (AvgIpc) is 2.91. The van der Waals surface area contributed by atoms with Crippen molar-refractivity contribution < 1.29 is 19.0 Å². The maximum absolute atomic E-state index is 12.0. The lowest BCUT2D eigenvalue weighted by Crippen LogP contribution is -2.25. The van der Waals surface area contributed by atoms with E-state index < -0.39 is 0 Å². The van der Waals surface area contributed by atoms with Crippen LogP contribution >= 0.6 is 0 Å². The van der Waals surface area contributed by atoms with Gasteiger partial charge >= 0.3 is 0 Å². The van der Waals surface area contributed by atoms with E-state index in [0.717, 1.165) is 23.3 Å². The summed E-state index contributed by atoms with van der Waals surface area (Å²) in [5.74, 6) is 1.78. The van der Waals surface area contributed by atoms with E-state index in [1.807, 2.05) is 57.2 Å². The Hall–Kier alpha value is -3.02. The standard InChI is InChI=1S/C21H24N2O4/c1-14-5-7-18(11-15(14)2)27-13-21(24)23-22-16(3)17-6-8-19-20(12-17)26-10-4-9-25-19/h5-8,11-12H,4,9-10,13H2,1-3H3,(H,23,24)/b22-16-. The SMILES string of the molecule is C/C(=N/NC(=O)COc1ccc(C)c(C)c1)c1ccc2c(c1)OCCCO2. The Morgan fingerprint density at radius 1 is 1.07 bits per heavy atom. The number of fused-ring (bicyclic) bond motifs is 1. The fourth-order valence-electron chi connectivity index (χ4n) is 2.58. The van der Waals surface area contributed by atoms with E-state index in [1.165, 1.54) is 5.56 Å². The molecule has 1 aliphatic rings. The van der Waals surface area contributed by atoms with E-state index in [-0.39, 0.29) is 12.5 Å². The molecule has 2 aromatic rings. The Morgan fingerprint density at radius 2 is 1.85 bits per heavy atom. The molecule has 27 heavy (non-hydrogen) atoms. The molecule has 0 fully saturated rings. The lowest BCUT2D eigenvalue weighted by atomic mass is 10.1. The lowest BCUT2D eigenvalue weighted by molar-refractivity contribution is -0.123. The number of hydrogen-bond acceptors (Lipinski definition) is 5. The van der Waals surface area contributed by atoms with Crippen LogP contribution in [0.3, 0.4) is 0 Å². The highest BCUT2D eigenvalue weighted by atomic mass is 16.5. The number of carbonyl (C=O) groups is 1. The van der Waals surface area contributed by atoms with Gasteiger partial charge in [0.25, 0.3) is 5.91 Å². The Labute approximate surface area is 159 Å². The van der Waals surface area contributed by atoms with Crippen LogP contribution in [0.25, 0.3) is 0 Å². The number of benzene rings is 2. The third-order valence-corrected chi connectivity index (χ3v) is 4.36. The van der Waals surface area contributed by atoms with Crippen LogP contribution in [0, 0.1) is 13.8 Å². The summed E-state index contributed by atoms with van der Waals surface area (Å²) in [5, 5.41) is 4.15. The second-order valence-corrected chi connectivity index (χ2v) is 6.48. The summed E-state index contributed by atoms with van der Waals surface area (Å²) in [4.78, 5) is 12.0. The number of nitrogens with one attached hydrogen (secondary N) is 1. The zero-order valence-corrected chi connectivity index (χ0v) is 15.9. The van der Waals surface area contributed by atoms with Crippen molar-refractivity contribution in [3.8, 4) is 17.2 Å². The third kappa shape index (κ3) is 5.00. The minimum absolute atomic E-state index is 0.0968. The molecule has 0 radical (unpaired) electrons. The van der Waals surface area contributed by atoms with Gasteiger partial charge in [-0.3, -0.25) is 4.79 Å². The highest BCUT2D eigenvalue weighted by Gasteiger charge is 2.12. The van der Waals surface area contributed by atoms with E-state index in [2.05, 4.69) is 10.5 Å². The van der Waals surface area contributed by atoms with Crippen LogP contribution in [-0.4, -0.2) is 31.4 Å². The molecular formula is C21H24N2O4. The van der Waals surface area contributed by atoms with E-state index in [9.17, 15) is 4.79 Å². The molecule has 6 heteroatoms. The van der Waals surface area contributed by atoms with Crippen LogP contribution in [0.15, 0.2) is 41.5 Å². The number of ether oxygens (including phenoxy) is 3. The molecule has 0 spiro atoms. The summed E-state index contributed by atoms with van der Waals surface area (Å²) in [5.41, 5.74) is 6.35. The predicted octanol–water partition coefficient (Wildman–Crippen LogP) is 3.38. The molecule has 0 bridgehead atoms. The van der Waals surface area contributed by atoms with Gasteiger partial charge in [-0.05, 0) is 62.2 Å². The van der Waals surface area contributed by atoms with Crippen molar-refractivity contribution in [3.05, 3.63) is 53.1 Å². The molecule has 1 N–H and O–H groups in total. The van der Waals surface area contributed by atoms with Crippen molar-refractivity contribution in [1.29, 1.82) is 0 Å². The fourth-order valence-corrected chi connectivity index (χ4v) is 2.58. The molecule has 1 amide bonds. The van der Waals surface area contributed by atoms with Gasteiger partial charge in [-0.1, -0.05) is 6.07 Å². The number of amides is 1. The van der Waals surface area contributed by atoms with Gasteiger partial charge in [0.2, 0.25) is 0 Å². The monoisotopic (exact) mass is 368 g/mol. The molecule has 0 aromatic heterocycles. The summed E-state index contributed by atoms with van der Waals surface area (Å²) in [6.07, 6.45) is 0.855. The molecule has 0 aliphatic carbocycles. The second kappa shape index (κ2) is 8.58. The van der Waals surface area contributed by atoms with Gasteiger partial charge < -0.3 is 14.2 Å². The number of aryl methyl sites for hydroxylation is 2. The third-order valence-electron chi connectivity index (χ3n) is 4.36. The number of rotatable bonds is 5. The van der Waals surface area contributed by atoms with Gasteiger partial charge in [0.1, 0.15) is 5.75 Å². The van der Waals surface area contributed by atoms with E-state index in [4.69, 9.17) is 14.2 Å². The van der Waals surface area contributed by atoms with Crippen molar-refractivity contribution in [2.24, 2.45) is 5.10 Å². The van der Waals surface area contributed by atoms with Crippen molar-refractivity contribution in [3.63, 3.8) is 0 Å². The largest absolute Gasteiger partial charge is 0.490 e. The Balaban J connectivity index is 1.57. The Kier molecular flexibility index (Phi) is 5.96. The quantitative estimate of drug-likeness (QED) is 0.649. The van der Waals surface area contributed by atoms with Crippen molar-refractivity contribution >= 4 is 11.6 Å². The van der Waals surface area contributed by atoms with Crippen LogP contribution in [0.1, 0.15) is 30.0 Å². The van der Waals surface area contributed by atoms with E-state index in [1.54, 1.807) is 0 Å². The molecule has 0 saturated carbocycles. The van der Waals surface area contributed by atoms with E-state index in [0.29, 0.717) is 30.4 Å². The molecule has 0 unspecified atom stereocenters. The van der Waals surface area contributed by atoms with Crippen molar-refractivity contribution in [1.82, 2.24) is 5.43 Å². The predicted molar refractivity (Wildman–Crippen MR) is 104 cm³/mol. The van der Waals surface area contributed by atoms with Gasteiger partial charge in [-0.2, -0.15) is 5.10 Å². The molecule has 3 rings (SSSR count). The molecule has 0 saturated heterocycles. The normalized spacial score (nSPS) is 13.7. The number of hydrogen-bond donors (Lipinski definition) is 1. The summed E-state index contributed by atoms with van der Waals surface area (Å²) >= 11 is 0. The molecule has 0 atom stereocenters.